The minimum absolute atomic E-state index is 0.269. The maximum atomic E-state index is 4.73. The SMILES string of the molecule is CCSS[S-](=S)=S. The van der Waals surface area contributed by atoms with Crippen molar-refractivity contribution >= 4 is 50.0 Å². The Balaban J connectivity index is 2.98. The molecule has 44 valence electrons. The lowest BCUT2D eigenvalue weighted by molar-refractivity contribution is 1.54. The number of rotatable bonds is 3. The van der Waals surface area contributed by atoms with E-state index in [9.17, 15) is 0 Å². The van der Waals surface area contributed by atoms with E-state index in [1.807, 2.05) is 0 Å². The fraction of sp³-hybridized carbons (Fsp3) is 1.00. The van der Waals surface area contributed by atoms with E-state index in [4.69, 9.17) is 22.4 Å². The molecule has 0 bridgehead atoms. The van der Waals surface area contributed by atoms with Gasteiger partial charge in [0.25, 0.3) is 0 Å². The molecule has 0 aromatic rings. The molecule has 0 aromatic carbocycles. The third-order valence-corrected chi connectivity index (χ3v) is 6.86. The van der Waals surface area contributed by atoms with E-state index in [0.29, 0.717) is 0 Å². The van der Waals surface area contributed by atoms with E-state index < -0.39 is 0 Å². The van der Waals surface area contributed by atoms with Crippen LogP contribution < -0.4 is 0 Å². The van der Waals surface area contributed by atoms with Gasteiger partial charge in [-0.25, -0.2) is 22.4 Å². The minimum atomic E-state index is -0.269. The summed E-state index contributed by atoms with van der Waals surface area (Å²) in [7, 11) is 3.07. The molecule has 0 nitrogen and oxygen atoms in total. The predicted octanol–water partition coefficient (Wildman–Crippen LogP) is 1.84. The van der Waals surface area contributed by atoms with Crippen LogP contribution in [-0.2, 0) is 29.4 Å². The number of hydrogen-bond acceptors (Lipinski definition) is 5. The van der Waals surface area contributed by atoms with Gasteiger partial charge in [0.2, 0.25) is 0 Å². The maximum Gasteiger partial charge on any atom is -0.000866 e. The Kier molecular flexibility index (Phi) is 6.82. The molecular formula is C2H5S5-. The van der Waals surface area contributed by atoms with Gasteiger partial charge in [0.15, 0.2) is 0 Å². The molecule has 0 atom stereocenters. The van der Waals surface area contributed by atoms with E-state index in [-0.39, 0.29) is 7.05 Å². The molecule has 7 heavy (non-hydrogen) atoms. The van der Waals surface area contributed by atoms with Crippen molar-refractivity contribution in [2.45, 2.75) is 6.92 Å². The molecule has 0 rings (SSSR count). The summed E-state index contributed by atoms with van der Waals surface area (Å²) in [5.41, 5.74) is 0. The van der Waals surface area contributed by atoms with Crippen molar-refractivity contribution in [1.82, 2.24) is 0 Å². The molecule has 0 radical (unpaired) electrons. The molecule has 5 heteroatoms. The van der Waals surface area contributed by atoms with Crippen LogP contribution in [0.25, 0.3) is 0 Å². The van der Waals surface area contributed by atoms with Crippen molar-refractivity contribution in [3.05, 3.63) is 0 Å². The summed E-state index contributed by atoms with van der Waals surface area (Å²) in [6.45, 7) is 2.09. The summed E-state index contributed by atoms with van der Waals surface area (Å²) < 4.78 is 0. The van der Waals surface area contributed by atoms with Crippen LogP contribution in [0.3, 0.4) is 0 Å². The molecule has 0 aliphatic carbocycles. The van der Waals surface area contributed by atoms with Crippen molar-refractivity contribution < 1.29 is 0 Å². The monoisotopic (exact) mass is 189 g/mol. The Bertz CT molecular complexity index is 84.3. The average Bonchev–Trinajstić information content (AvgIpc) is 1.61. The van der Waals surface area contributed by atoms with Gasteiger partial charge >= 0.3 is 0 Å². The van der Waals surface area contributed by atoms with Crippen LogP contribution in [0.4, 0.5) is 0 Å². The molecule has 0 spiro atoms. The normalized spacial score (nSPS) is 10.0. The van der Waals surface area contributed by atoms with Crippen molar-refractivity contribution in [2.75, 3.05) is 5.75 Å². The molecule has 0 aromatic heterocycles. The maximum absolute atomic E-state index is 4.73. The highest BCUT2D eigenvalue weighted by Gasteiger charge is 1.67. The van der Waals surface area contributed by atoms with Gasteiger partial charge in [-0.2, -0.15) is 9.83 Å². The molecule has 0 saturated heterocycles. The lowest BCUT2D eigenvalue weighted by atomic mass is 11.0. The van der Waals surface area contributed by atoms with Crippen LogP contribution in [0.2, 0.25) is 0 Å². The first-order valence-electron chi connectivity index (χ1n) is 1.66. The van der Waals surface area contributed by atoms with Crippen molar-refractivity contribution in [2.24, 2.45) is 0 Å². The fourth-order valence-electron chi connectivity index (χ4n) is 0.0874. The van der Waals surface area contributed by atoms with E-state index >= 15 is 0 Å². The second-order valence-electron chi connectivity index (χ2n) is 0.679. The Hall–Kier alpha value is 1.49. The smallest absolute Gasteiger partial charge is 0.000866 e. The zero-order valence-electron chi connectivity index (χ0n) is 3.75. The zero-order chi connectivity index (χ0) is 5.70. The molecule has 0 N–H and O–H groups in total. The van der Waals surface area contributed by atoms with Gasteiger partial charge < -0.3 is 0 Å². The summed E-state index contributed by atoms with van der Waals surface area (Å²) in [5.74, 6) is 1.10. The van der Waals surface area contributed by atoms with Gasteiger partial charge in [0.1, 0.15) is 0 Å². The minimum Gasteiger partial charge on any atom is -0.283 e. The Labute approximate surface area is 62.5 Å². The molecule has 0 amide bonds. The Morgan fingerprint density at radius 3 is 2.29 bits per heavy atom. The van der Waals surface area contributed by atoms with Gasteiger partial charge in [-0.15, -0.1) is 10.8 Å². The van der Waals surface area contributed by atoms with Crippen molar-refractivity contribution in [3.63, 3.8) is 0 Å². The molecular weight excluding hydrogens is 184 g/mol. The van der Waals surface area contributed by atoms with Gasteiger partial charge in [0.05, 0.1) is 0 Å². The summed E-state index contributed by atoms with van der Waals surface area (Å²) in [5, 5.41) is 0. The van der Waals surface area contributed by atoms with E-state index in [1.54, 1.807) is 20.6 Å². The predicted molar refractivity (Wildman–Crippen MR) is 47.8 cm³/mol. The summed E-state index contributed by atoms with van der Waals surface area (Å²) in [6, 6.07) is 0. The standard InChI is InChI=1S/C2H5S5/c1-2-5-6-7(3)4/h2H2,1H3/q-1. The molecule has 0 unspecified atom stereocenters. The van der Waals surface area contributed by atoms with Gasteiger partial charge in [-0.1, -0.05) is 6.92 Å². The molecule has 0 aliphatic heterocycles. The van der Waals surface area contributed by atoms with Crippen LogP contribution in [0.15, 0.2) is 0 Å². The summed E-state index contributed by atoms with van der Waals surface area (Å²) >= 11 is 9.46. The second-order valence-corrected chi connectivity index (χ2v) is 9.28. The lowest BCUT2D eigenvalue weighted by Crippen LogP contribution is -1.56. The third kappa shape index (κ3) is 7.49. The molecule has 0 heterocycles. The first-order chi connectivity index (χ1) is 3.27. The Morgan fingerprint density at radius 1 is 1.57 bits per heavy atom. The van der Waals surface area contributed by atoms with Crippen LogP contribution in [0.5, 0.6) is 0 Å². The van der Waals surface area contributed by atoms with Gasteiger partial charge in [-0.05, 0) is 5.75 Å². The van der Waals surface area contributed by atoms with Gasteiger partial charge in [-0.3, -0.25) is 7.05 Å². The van der Waals surface area contributed by atoms with Gasteiger partial charge in [0, 0.05) is 0 Å². The topological polar surface area (TPSA) is 0 Å². The second kappa shape index (κ2) is 5.62. The van der Waals surface area contributed by atoms with Crippen LogP contribution in [0.1, 0.15) is 6.92 Å². The summed E-state index contributed by atoms with van der Waals surface area (Å²) in [4.78, 5) is 0. The highest BCUT2D eigenvalue weighted by molar-refractivity contribution is 9.14. The zero-order valence-corrected chi connectivity index (χ0v) is 7.83. The fourth-order valence-corrected chi connectivity index (χ4v) is 4.48. The molecule has 0 fully saturated rings. The molecule has 0 aliphatic rings. The van der Waals surface area contributed by atoms with E-state index in [2.05, 4.69) is 6.92 Å². The van der Waals surface area contributed by atoms with Crippen molar-refractivity contribution in [1.29, 1.82) is 0 Å². The third-order valence-electron chi connectivity index (χ3n) is 0.222. The Morgan fingerprint density at radius 2 is 2.14 bits per heavy atom. The first-order valence-corrected chi connectivity index (χ1v) is 7.57. The van der Waals surface area contributed by atoms with Crippen LogP contribution >= 0.6 is 20.6 Å². The highest BCUT2D eigenvalue weighted by atomic mass is 33.7. The molecule has 0 saturated carbocycles. The quantitative estimate of drug-likeness (QED) is 0.490. The lowest BCUT2D eigenvalue weighted by Gasteiger charge is -1.97. The summed E-state index contributed by atoms with van der Waals surface area (Å²) in [6.07, 6.45) is 0. The van der Waals surface area contributed by atoms with Crippen LogP contribution in [0, 0.1) is 0 Å². The van der Waals surface area contributed by atoms with E-state index in [0.717, 1.165) is 5.75 Å². The average molecular weight is 189 g/mol. The van der Waals surface area contributed by atoms with Crippen molar-refractivity contribution in [3.8, 4) is 0 Å². The van der Waals surface area contributed by atoms with E-state index in [1.165, 1.54) is 0 Å². The highest BCUT2D eigenvalue weighted by Crippen LogP contribution is 2.20. The number of hydrogen-bond donors (Lipinski definition) is 0. The largest absolute Gasteiger partial charge is 0.283 e. The van der Waals surface area contributed by atoms with Crippen LogP contribution in [-0.4, -0.2) is 5.75 Å². The first kappa shape index (κ1) is 8.49.